The number of hydrogen-bond donors (Lipinski definition) is 1. The third-order valence-electron chi connectivity index (χ3n) is 6.91. The Morgan fingerprint density at radius 1 is 1.14 bits per heavy atom. The summed E-state index contributed by atoms with van der Waals surface area (Å²) in [5.41, 5.74) is 0.643. The Kier molecular flexibility index (Phi) is 7.41. The average Bonchev–Trinajstić information content (AvgIpc) is 3.71. The van der Waals surface area contributed by atoms with E-state index in [4.69, 9.17) is 14.5 Å². The highest BCUT2D eigenvalue weighted by Crippen LogP contribution is 2.31. The van der Waals surface area contributed by atoms with Gasteiger partial charge < -0.3 is 19.7 Å². The first-order chi connectivity index (χ1) is 17.9. The van der Waals surface area contributed by atoms with E-state index >= 15 is 0 Å². The van der Waals surface area contributed by atoms with Gasteiger partial charge in [0, 0.05) is 31.2 Å². The van der Waals surface area contributed by atoms with Gasteiger partial charge in [-0.1, -0.05) is 12.1 Å². The van der Waals surface area contributed by atoms with Crippen LogP contribution in [0.25, 0.3) is 22.4 Å². The highest BCUT2D eigenvalue weighted by Gasteiger charge is 2.28. The largest absolute Gasteiger partial charge is 0.497 e. The highest BCUT2D eigenvalue weighted by atomic mass is 16.5. The minimum Gasteiger partial charge on any atom is -0.497 e. The van der Waals surface area contributed by atoms with E-state index in [2.05, 4.69) is 15.2 Å². The van der Waals surface area contributed by atoms with Gasteiger partial charge in [0.15, 0.2) is 5.65 Å². The van der Waals surface area contributed by atoms with Crippen LogP contribution in [-0.2, 0) is 11.3 Å². The summed E-state index contributed by atoms with van der Waals surface area (Å²) in [6.07, 6.45) is 6.37. The summed E-state index contributed by atoms with van der Waals surface area (Å²) >= 11 is 0. The maximum Gasteiger partial charge on any atom is 0.263 e. The molecule has 1 aliphatic carbocycles. The van der Waals surface area contributed by atoms with Crippen molar-refractivity contribution in [3.05, 3.63) is 46.9 Å². The molecule has 0 bridgehead atoms. The Hall–Kier alpha value is -3.46. The molecule has 1 N–H and O–H groups in total. The van der Waals surface area contributed by atoms with Crippen molar-refractivity contribution in [3.8, 4) is 22.9 Å². The number of carbonyl (C=O) groups excluding carboxylic acids is 1. The molecule has 0 radical (unpaired) electrons. The molecule has 2 fully saturated rings. The van der Waals surface area contributed by atoms with Crippen molar-refractivity contribution in [2.45, 2.75) is 58.2 Å². The van der Waals surface area contributed by atoms with Crippen LogP contribution in [0.3, 0.4) is 0 Å². The fourth-order valence-electron chi connectivity index (χ4n) is 4.86. The van der Waals surface area contributed by atoms with Crippen LogP contribution in [0, 0.1) is 5.92 Å². The number of carbonyl (C=O) groups is 1. The van der Waals surface area contributed by atoms with Gasteiger partial charge in [-0.25, -0.2) is 9.97 Å². The lowest BCUT2D eigenvalue weighted by Crippen LogP contribution is -2.39. The minimum atomic E-state index is -0.334. The molecule has 0 spiro atoms. The van der Waals surface area contributed by atoms with Crippen LogP contribution in [0.2, 0.25) is 0 Å². The highest BCUT2D eigenvalue weighted by molar-refractivity contribution is 5.80. The molecule has 9 nitrogen and oxygen atoms in total. The lowest BCUT2D eigenvalue weighted by Gasteiger charge is -2.32. The number of rotatable bonds is 9. The van der Waals surface area contributed by atoms with Crippen LogP contribution in [0.4, 0.5) is 0 Å². The molecular formula is C28H35N5O4. The first-order valence-electron chi connectivity index (χ1n) is 13.1. The van der Waals surface area contributed by atoms with E-state index in [-0.39, 0.29) is 30.2 Å². The zero-order chi connectivity index (χ0) is 25.9. The Balaban J connectivity index is 1.44. The van der Waals surface area contributed by atoms with E-state index in [1.165, 1.54) is 24.0 Å². The number of amides is 1. The Morgan fingerprint density at radius 3 is 2.62 bits per heavy atom. The van der Waals surface area contributed by atoms with E-state index in [1.807, 2.05) is 32.0 Å². The lowest BCUT2D eigenvalue weighted by molar-refractivity contribution is -0.122. The van der Waals surface area contributed by atoms with Crippen molar-refractivity contribution in [2.24, 2.45) is 5.92 Å². The van der Waals surface area contributed by atoms with Crippen LogP contribution in [-0.4, -0.2) is 64.2 Å². The van der Waals surface area contributed by atoms with E-state index in [0.29, 0.717) is 33.9 Å². The number of piperidine rings is 1. The summed E-state index contributed by atoms with van der Waals surface area (Å²) in [4.78, 5) is 38.1. The van der Waals surface area contributed by atoms with Gasteiger partial charge in [0.05, 0.1) is 18.7 Å². The molecule has 9 heteroatoms. The van der Waals surface area contributed by atoms with Gasteiger partial charge in [-0.05, 0) is 63.6 Å². The minimum absolute atomic E-state index is 0.0470. The molecule has 1 saturated heterocycles. The van der Waals surface area contributed by atoms with Crippen molar-refractivity contribution in [2.75, 3.05) is 26.7 Å². The second-order valence-corrected chi connectivity index (χ2v) is 10.4. The molecule has 1 aromatic carbocycles. The zero-order valence-electron chi connectivity index (χ0n) is 21.8. The monoisotopic (exact) mass is 505 g/mol. The van der Waals surface area contributed by atoms with Gasteiger partial charge >= 0.3 is 0 Å². The molecule has 5 rings (SSSR count). The first-order valence-corrected chi connectivity index (χ1v) is 13.1. The second kappa shape index (κ2) is 10.9. The summed E-state index contributed by atoms with van der Waals surface area (Å²) in [5, 5.41) is 3.18. The molecule has 1 saturated carbocycles. The number of nitrogens with one attached hydrogen (secondary N) is 1. The van der Waals surface area contributed by atoms with E-state index in [9.17, 15) is 9.59 Å². The second-order valence-electron chi connectivity index (χ2n) is 10.4. The predicted molar refractivity (Wildman–Crippen MR) is 142 cm³/mol. The maximum absolute atomic E-state index is 13.7. The van der Waals surface area contributed by atoms with Gasteiger partial charge in [-0.3, -0.25) is 14.2 Å². The maximum atomic E-state index is 13.7. The predicted octanol–water partition coefficient (Wildman–Crippen LogP) is 3.24. The number of aromatic nitrogens is 3. The SMILES string of the molecule is COc1cccc(-c2nc3ncc(OC4CCN(CC5CC5)CC4)cc3c(=O)n2CC(=O)NC(C)C)c1. The summed E-state index contributed by atoms with van der Waals surface area (Å²) < 4.78 is 13.0. The van der Waals surface area contributed by atoms with E-state index in [1.54, 1.807) is 25.4 Å². The Bertz CT molecular complexity index is 1330. The zero-order valence-corrected chi connectivity index (χ0v) is 21.8. The topological polar surface area (TPSA) is 98.6 Å². The van der Waals surface area contributed by atoms with Crippen molar-refractivity contribution in [3.63, 3.8) is 0 Å². The van der Waals surface area contributed by atoms with Gasteiger partial charge in [-0.15, -0.1) is 0 Å². The molecule has 0 unspecified atom stereocenters. The van der Waals surface area contributed by atoms with Crippen LogP contribution in [0.5, 0.6) is 11.5 Å². The lowest BCUT2D eigenvalue weighted by atomic mass is 10.1. The summed E-state index contributed by atoms with van der Waals surface area (Å²) in [6, 6.07) is 8.92. The van der Waals surface area contributed by atoms with Crippen LogP contribution in [0.1, 0.15) is 39.5 Å². The fraction of sp³-hybridized carbons (Fsp3) is 0.500. The Labute approximate surface area is 216 Å². The molecular weight excluding hydrogens is 470 g/mol. The number of likely N-dealkylation sites (tertiary alicyclic amines) is 1. The molecule has 37 heavy (non-hydrogen) atoms. The number of fused-ring (bicyclic) bond motifs is 1. The Morgan fingerprint density at radius 2 is 1.92 bits per heavy atom. The molecule has 2 aromatic heterocycles. The molecule has 196 valence electrons. The van der Waals surface area contributed by atoms with Crippen molar-refractivity contribution >= 4 is 16.9 Å². The van der Waals surface area contributed by atoms with Crippen molar-refractivity contribution in [1.82, 2.24) is 24.8 Å². The fourth-order valence-corrected chi connectivity index (χ4v) is 4.86. The van der Waals surface area contributed by atoms with E-state index in [0.717, 1.165) is 31.8 Å². The summed E-state index contributed by atoms with van der Waals surface area (Å²) in [5.74, 6) is 2.17. The van der Waals surface area contributed by atoms with Gasteiger partial charge in [0.2, 0.25) is 5.91 Å². The van der Waals surface area contributed by atoms with Gasteiger partial charge in [0.1, 0.15) is 30.0 Å². The number of pyridine rings is 1. The normalized spacial score (nSPS) is 16.8. The van der Waals surface area contributed by atoms with Gasteiger partial charge in [-0.2, -0.15) is 0 Å². The van der Waals surface area contributed by atoms with Gasteiger partial charge in [0.25, 0.3) is 5.56 Å². The molecule has 1 aliphatic heterocycles. The van der Waals surface area contributed by atoms with Crippen molar-refractivity contribution in [1.29, 1.82) is 0 Å². The van der Waals surface area contributed by atoms with E-state index < -0.39 is 0 Å². The molecule has 1 amide bonds. The van der Waals surface area contributed by atoms with Crippen LogP contribution >= 0.6 is 0 Å². The van der Waals surface area contributed by atoms with Crippen LogP contribution in [0.15, 0.2) is 41.3 Å². The third-order valence-corrected chi connectivity index (χ3v) is 6.91. The molecule has 2 aliphatic rings. The average molecular weight is 506 g/mol. The standard InChI is InChI=1S/C28H35N5O4/c1-18(2)30-25(34)17-33-27(20-5-4-6-22(13-20)36-3)31-26-24(28(33)35)14-23(15-29-26)37-21-9-11-32(12-10-21)16-19-7-8-19/h4-6,13-15,18-19,21H,7-12,16-17H2,1-3H3,(H,30,34). The summed E-state index contributed by atoms with van der Waals surface area (Å²) in [7, 11) is 1.58. The summed E-state index contributed by atoms with van der Waals surface area (Å²) in [6.45, 7) is 6.88. The quantitative estimate of drug-likeness (QED) is 0.477. The number of benzene rings is 1. The number of ether oxygens (including phenoxy) is 2. The smallest absolute Gasteiger partial charge is 0.263 e. The number of hydrogen-bond acceptors (Lipinski definition) is 7. The number of nitrogens with zero attached hydrogens (tertiary/aromatic N) is 4. The third kappa shape index (κ3) is 6.10. The number of methoxy groups -OCH3 is 1. The molecule has 0 atom stereocenters. The molecule has 3 aromatic rings. The first kappa shape index (κ1) is 25.2. The van der Waals surface area contributed by atoms with Crippen molar-refractivity contribution < 1.29 is 14.3 Å². The molecule has 3 heterocycles. The van der Waals surface area contributed by atoms with Crippen LogP contribution < -0.4 is 20.3 Å².